The molecule has 0 saturated heterocycles. The number of nitrogens with zero attached hydrogens (tertiary/aromatic N) is 2. The van der Waals surface area contributed by atoms with Gasteiger partial charge in [-0.25, -0.2) is 0 Å². The van der Waals surface area contributed by atoms with Gasteiger partial charge < -0.3 is 9.80 Å². The molecule has 2 aliphatic carbocycles. The van der Waals surface area contributed by atoms with Crippen molar-refractivity contribution in [2.75, 3.05) is 9.80 Å². The third-order valence-electron chi connectivity index (χ3n) is 17.4. The molecule has 4 aliphatic rings. The van der Waals surface area contributed by atoms with Crippen LogP contribution in [0.3, 0.4) is 0 Å². The van der Waals surface area contributed by atoms with Crippen LogP contribution in [0.25, 0.3) is 10.1 Å². The molecule has 1 aromatic heterocycles. The third-order valence-corrected chi connectivity index (χ3v) is 18.6. The molecule has 0 fully saturated rings. The van der Waals surface area contributed by atoms with Gasteiger partial charge in [0.1, 0.15) is 0 Å². The average molecular weight is 921 g/mol. The normalized spacial score (nSPS) is 19.0. The second-order valence-corrected chi connectivity index (χ2v) is 29.6. The van der Waals surface area contributed by atoms with E-state index < -0.39 is 0 Å². The Hall–Kier alpha value is -4.28. The van der Waals surface area contributed by atoms with E-state index >= 15 is 0 Å². The predicted molar refractivity (Wildman–Crippen MR) is 301 cm³/mol. The molecule has 2 aliphatic heterocycles. The smallest absolute Gasteiger partial charge is 0.264 e. The third kappa shape index (κ3) is 7.37. The van der Waals surface area contributed by atoms with Gasteiger partial charge in [0.15, 0.2) is 0 Å². The van der Waals surface area contributed by atoms with Crippen LogP contribution in [0.15, 0.2) is 78.9 Å². The molecule has 68 heavy (non-hydrogen) atoms. The number of hydrogen-bond donors (Lipinski definition) is 0. The summed E-state index contributed by atoms with van der Waals surface area (Å²) in [6, 6.07) is 33.2. The van der Waals surface area contributed by atoms with Crippen LogP contribution in [0.1, 0.15) is 209 Å². The maximum atomic E-state index is 2.75. The van der Waals surface area contributed by atoms with Crippen molar-refractivity contribution in [1.82, 2.24) is 0 Å². The van der Waals surface area contributed by atoms with Crippen molar-refractivity contribution in [2.24, 2.45) is 0 Å². The van der Waals surface area contributed by atoms with Crippen LogP contribution in [0.5, 0.6) is 0 Å². The standard InChI is InChI=1S/C64H81BN2S/c1-57(2,3)38-21-23-44-53(34-38)68-56-55(44)67(42-22-24-45-46(35-42)62(15,16)26-25-61(45,13)14)52-33-41(60(10,11)12)32-51-54(52)65(56)49-36-47-48(64(19,20)28-27-63(47,17)18)37-50(49)66(51)43-30-39(58(4,5)6)29-40(31-43)59(7,8)9/h21-24,29-37H,25-28H2,1-20H3. The number of hydrogen-bond acceptors (Lipinski definition) is 3. The summed E-state index contributed by atoms with van der Waals surface area (Å²) in [5.41, 5.74) is 22.5. The molecule has 0 radical (unpaired) electrons. The Kier molecular flexibility index (Phi) is 10.2. The number of fused-ring (bicyclic) bond motifs is 8. The molecule has 0 unspecified atom stereocenters. The lowest BCUT2D eigenvalue weighted by Gasteiger charge is -2.48. The first kappa shape index (κ1) is 47.4. The summed E-state index contributed by atoms with van der Waals surface area (Å²) in [7, 11) is 0. The summed E-state index contributed by atoms with van der Waals surface area (Å²) >= 11 is 2.05. The van der Waals surface area contributed by atoms with Crippen LogP contribution in [0.2, 0.25) is 0 Å². The Morgan fingerprint density at radius 2 is 0.897 bits per heavy atom. The molecular weight excluding hydrogens is 840 g/mol. The maximum Gasteiger partial charge on any atom is 0.264 e. The molecule has 0 spiro atoms. The summed E-state index contributed by atoms with van der Waals surface area (Å²) in [6.45, 7) is 48.6. The molecule has 2 nitrogen and oxygen atoms in total. The Balaban J connectivity index is 1.39. The quantitative estimate of drug-likeness (QED) is 0.159. The van der Waals surface area contributed by atoms with Crippen molar-refractivity contribution < 1.29 is 0 Å². The summed E-state index contributed by atoms with van der Waals surface area (Å²) in [5, 5.41) is 1.36. The van der Waals surface area contributed by atoms with Crippen LogP contribution in [-0.4, -0.2) is 6.71 Å². The van der Waals surface area contributed by atoms with Crippen LogP contribution >= 0.6 is 11.3 Å². The van der Waals surface area contributed by atoms with Crippen LogP contribution < -0.4 is 25.5 Å². The van der Waals surface area contributed by atoms with Crippen molar-refractivity contribution in [2.45, 2.75) is 207 Å². The summed E-state index contributed by atoms with van der Waals surface area (Å²) in [6.07, 6.45) is 4.75. The van der Waals surface area contributed by atoms with Gasteiger partial charge in [-0.1, -0.05) is 169 Å². The Morgan fingerprint density at radius 3 is 1.43 bits per heavy atom. The fourth-order valence-electron chi connectivity index (χ4n) is 12.3. The molecule has 0 N–H and O–H groups in total. The van der Waals surface area contributed by atoms with Crippen LogP contribution in [-0.2, 0) is 43.3 Å². The lowest BCUT2D eigenvalue weighted by molar-refractivity contribution is 0.332. The predicted octanol–water partition coefficient (Wildman–Crippen LogP) is 16.9. The largest absolute Gasteiger partial charge is 0.311 e. The van der Waals surface area contributed by atoms with E-state index in [0.29, 0.717) is 0 Å². The number of rotatable bonds is 2. The molecule has 356 valence electrons. The van der Waals surface area contributed by atoms with E-state index in [1.807, 2.05) is 0 Å². The van der Waals surface area contributed by atoms with E-state index in [4.69, 9.17) is 0 Å². The highest BCUT2D eigenvalue weighted by atomic mass is 32.1. The molecule has 10 rings (SSSR count). The highest BCUT2D eigenvalue weighted by molar-refractivity contribution is 7.33. The highest BCUT2D eigenvalue weighted by Crippen LogP contribution is 2.55. The molecule has 6 aromatic rings. The van der Waals surface area contributed by atoms with Gasteiger partial charge in [0.25, 0.3) is 6.71 Å². The molecule has 0 saturated carbocycles. The summed E-state index contributed by atoms with van der Waals surface area (Å²) in [5.74, 6) is 0. The molecule has 0 atom stereocenters. The minimum Gasteiger partial charge on any atom is -0.311 e. The summed E-state index contributed by atoms with van der Waals surface area (Å²) < 4.78 is 2.85. The number of benzene rings is 5. The van der Waals surface area contributed by atoms with Crippen molar-refractivity contribution in [1.29, 1.82) is 0 Å². The van der Waals surface area contributed by atoms with Gasteiger partial charge in [-0.15, -0.1) is 11.3 Å². The van der Waals surface area contributed by atoms with Gasteiger partial charge in [0, 0.05) is 43.3 Å². The minimum absolute atomic E-state index is 0.0325. The average Bonchev–Trinajstić information content (AvgIpc) is 3.60. The van der Waals surface area contributed by atoms with Crippen molar-refractivity contribution in [3.05, 3.63) is 123 Å². The second kappa shape index (κ2) is 14.6. The first-order chi connectivity index (χ1) is 31.2. The Bertz CT molecular complexity index is 3040. The highest BCUT2D eigenvalue weighted by Gasteiger charge is 2.49. The molecule has 0 bridgehead atoms. The lowest BCUT2D eigenvalue weighted by Crippen LogP contribution is -2.61. The lowest BCUT2D eigenvalue weighted by atomic mass is 9.35. The maximum absolute atomic E-state index is 2.75. The van der Waals surface area contributed by atoms with E-state index in [9.17, 15) is 0 Å². The van der Waals surface area contributed by atoms with Gasteiger partial charge in [-0.2, -0.15) is 0 Å². The van der Waals surface area contributed by atoms with E-state index in [1.165, 1.54) is 130 Å². The number of thiophene rings is 1. The monoisotopic (exact) mass is 921 g/mol. The Morgan fingerprint density at radius 1 is 0.426 bits per heavy atom. The van der Waals surface area contributed by atoms with Gasteiger partial charge >= 0.3 is 0 Å². The zero-order chi connectivity index (χ0) is 49.4. The van der Waals surface area contributed by atoms with Crippen LogP contribution in [0, 0.1) is 0 Å². The zero-order valence-corrected chi connectivity index (χ0v) is 46.5. The van der Waals surface area contributed by atoms with Crippen molar-refractivity contribution in [3.8, 4) is 0 Å². The molecule has 5 aromatic carbocycles. The Labute approximate surface area is 416 Å². The van der Waals surface area contributed by atoms with Crippen LogP contribution in [0.4, 0.5) is 34.1 Å². The first-order valence-electron chi connectivity index (χ1n) is 26.0. The molecular formula is C64H81BN2S. The van der Waals surface area contributed by atoms with E-state index in [0.717, 1.165) is 0 Å². The first-order valence-corrected chi connectivity index (χ1v) is 26.9. The van der Waals surface area contributed by atoms with Gasteiger partial charge in [0.05, 0.1) is 5.69 Å². The topological polar surface area (TPSA) is 6.48 Å². The van der Waals surface area contributed by atoms with Crippen molar-refractivity contribution >= 4 is 78.0 Å². The van der Waals surface area contributed by atoms with E-state index in [-0.39, 0.29) is 50.0 Å². The fourth-order valence-corrected chi connectivity index (χ4v) is 13.7. The molecule has 0 amide bonds. The second-order valence-electron chi connectivity index (χ2n) is 28.5. The van der Waals surface area contributed by atoms with Gasteiger partial charge in [-0.05, 0) is 173 Å². The molecule has 4 heteroatoms. The van der Waals surface area contributed by atoms with Gasteiger partial charge in [-0.3, -0.25) is 0 Å². The van der Waals surface area contributed by atoms with E-state index in [2.05, 4.69) is 238 Å². The molecule has 3 heterocycles. The summed E-state index contributed by atoms with van der Waals surface area (Å²) in [4.78, 5) is 5.49. The number of anilines is 6. The van der Waals surface area contributed by atoms with E-state index in [1.54, 1.807) is 0 Å². The fraction of sp³-hybridized carbons (Fsp3) is 0.500. The van der Waals surface area contributed by atoms with Gasteiger partial charge in [0.2, 0.25) is 0 Å². The SMILES string of the molecule is CC(C)(C)c1cc(N2c3cc4c(cc3B3c5sc6cc(C(C)(C)C)ccc6c5N(c5ccc6c(c5)C(C)(C)CCC6(C)C)c5cc(C(C)(C)C)cc2c53)C(C)(C)CCC4(C)C)cc(C(C)(C)C)c1. The zero-order valence-electron chi connectivity index (χ0n) is 45.7. The van der Waals surface area contributed by atoms with Crippen molar-refractivity contribution in [3.63, 3.8) is 0 Å². The minimum atomic E-state index is -0.106.